The van der Waals surface area contributed by atoms with E-state index in [0.717, 1.165) is 11.1 Å². The van der Waals surface area contributed by atoms with E-state index in [-0.39, 0.29) is 42.2 Å². The number of nitrogens with one attached hydrogen (secondary N) is 1. The predicted molar refractivity (Wildman–Crippen MR) is 158 cm³/mol. The number of phenols is 1. The molecule has 44 heavy (non-hydrogen) atoms. The topological polar surface area (TPSA) is 200 Å². The van der Waals surface area contributed by atoms with Crippen LogP contribution in [0, 0.1) is 11.8 Å². The lowest BCUT2D eigenvalue weighted by molar-refractivity contribution is -0.153. The Balaban J connectivity index is 1.54. The summed E-state index contributed by atoms with van der Waals surface area (Å²) in [6, 6.07) is 9.44. The Hall–Kier alpha value is -4.52. The quantitative estimate of drug-likeness (QED) is 0.187. The van der Waals surface area contributed by atoms with Crippen molar-refractivity contribution in [1.82, 2.24) is 10.2 Å². The SMILES string of the molecule is CCOC(=O)CNCc1ccc(-c2ccc(O)c3c2C[C@@H]2C[C@@H]4[C@@H](N(C)C)C(=O)C(C(N)=O)=C(O)[C@]4(O)C(=O)C2=C3O)cc1. The number of carbonyl (C=O) groups excluding carboxylic acids is 4. The van der Waals surface area contributed by atoms with E-state index < -0.39 is 58.0 Å². The number of rotatable bonds is 8. The Morgan fingerprint density at radius 3 is 2.39 bits per heavy atom. The maximum absolute atomic E-state index is 14.0. The Morgan fingerprint density at radius 1 is 1.09 bits per heavy atom. The third-order valence-electron chi connectivity index (χ3n) is 8.77. The maximum atomic E-state index is 14.0. The number of aliphatic hydroxyl groups excluding tert-OH is 2. The normalized spacial score (nSPS) is 24.6. The number of Topliss-reactive ketones (excluding diaryl/α,β-unsaturated/α-hetero) is 2. The van der Waals surface area contributed by atoms with Gasteiger partial charge in [-0.1, -0.05) is 30.3 Å². The molecule has 5 rings (SSSR count). The molecule has 0 unspecified atom stereocenters. The molecule has 1 amide bonds. The van der Waals surface area contributed by atoms with Gasteiger partial charge in [-0.2, -0.15) is 0 Å². The van der Waals surface area contributed by atoms with Crippen molar-refractivity contribution in [2.45, 2.75) is 38.0 Å². The molecule has 0 radical (unpaired) electrons. The van der Waals surface area contributed by atoms with Gasteiger partial charge >= 0.3 is 5.97 Å². The molecule has 0 saturated heterocycles. The first-order valence-corrected chi connectivity index (χ1v) is 14.3. The van der Waals surface area contributed by atoms with E-state index in [1.165, 1.54) is 11.0 Å². The molecule has 2 aromatic rings. The Morgan fingerprint density at radius 2 is 1.77 bits per heavy atom. The Kier molecular flexibility index (Phi) is 8.10. The summed E-state index contributed by atoms with van der Waals surface area (Å²) in [5, 5.41) is 48.0. The molecule has 1 fully saturated rings. The molecule has 12 heteroatoms. The van der Waals surface area contributed by atoms with Crippen molar-refractivity contribution in [3.05, 3.63) is 70.0 Å². The second-order valence-corrected chi connectivity index (χ2v) is 11.6. The van der Waals surface area contributed by atoms with Gasteiger partial charge in [-0.05, 0) is 68.1 Å². The van der Waals surface area contributed by atoms with E-state index in [9.17, 15) is 39.6 Å². The van der Waals surface area contributed by atoms with Crippen LogP contribution in [0.3, 0.4) is 0 Å². The third-order valence-corrected chi connectivity index (χ3v) is 8.77. The first kappa shape index (κ1) is 30.9. The molecule has 4 atom stereocenters. The van der Waals surface area contributed by atoms with Crippen molar-refractivity contribution >= 4 is 29.2 Å². The number of hydrogen-bond acceptors (Lipinski definition) is 11. The highest BCUT2D eigenvalue weighted by Crippen LogP contribution is 2.53. The van der Waals surface area contributed by atoms with Crippen molar-refractivity contribution in [2.24, 2.45) is 17.6 Å². The van der Waals surface area contributed by atoms with E-state index in [1.54, 1.807) is 27.1 Å². The van der Waals surface area contributed by atoms with Gasteiger partial charge in [0.2, 0.25) is 5.78 Å². The summed E-state index contributed by atoms with van der Waals surface area (Å²) in [4.78, 5) is 52.5. The van der Waals surface area contributed by atoms with E-state index in [2.05, 4.69) is 5.32 Å². The van der Waals surface area contributed by atoms with E-state index >= 15 is 0 Å². The highest BCUT2D eigenvalue weighted by atomic mass is 16.5. The minimum Gasteiger partial charge on any atom is -0.508 e. The first-order valence-electron chi connectivity index (χ1n) is 14.3. The second-order valence-electron chi connectivity index (χ2n) is 11.6. The summed E-state index contributed by atoms with van der Waals surface area (Å²) in [5.41, 5.74) is 4.62. The van der Waals surface area contributed by atoms with Gasteiger partial charge in [0.05, 0.1) is 24.8 Å². The fourth-order valence-corrected chi connectivity index (χ4v) is 6.84. The number of amides is 1. The first-order chi connectivity index (χ1) is 20.8. The smallest absolute Gasteiger partial charge is 0.319 e. The van der Waals surface area contributed by atoms with Gasteiger partial charge in [-0.15, -0.1) is 0 Å². The molecule has 0 spiro atoms. The average molecular weight is 606 g/mol. The number of hydrogen-bond donors (Lipinski definition) is 6. The standard InChI is InChI=1S/C32H35N3O9/c1-4-44-22(37)14-34-13-15-5-7-16(8-6-15)18-9-10-21(36)24-19(18)11-17-12-20-26(35(2)3)28(39)25(31(33)42)30(41)32(20,43)29(40)23(17)27(24)38/h5-10,17,20,26,34,36,38,41,43H,4,11-14H2,1-3H3,(H2,33,42)/t17-,20-,26-,32-/m1/s1. The number of nitrogens with zero attached hydrogens (tertiary/aromatic N) is 1. The van der Waals surface area contributed by atoms with Crippen molar-refractivity contribution < 1.29 is 44.3 Å². The number of nitrogens with two attached hydrogens (primary N) is 1. The minimum atomic E-state index is -2.69. The summed E-state index contributed by atoms with van der Waals surface area (Å²) in [6.45, 7) is 2.54. The summed E-state index contributed by atoms with van der Waals surface area (Å²) in [7, 11) is 3.11. The van der Waals surface area contributed by atoms with Crippen LogP contribution in [0.4, 0.5) is 0 Å². The van der Waals surface area contributed by atoms with Crippen molar-refractivity contribution in [3.63, 3.8) is 0 Å². The van der Waals surface area contributed by atoms with Crippen molar-refractivity contribution in [3.8, 4) is 16.9 Å². The summed E-state index contributed by atoms with van der Waals surface area (Å²) in [6.07, 6.45) is 0.188. The van der Waals surface area contributed by atoms with Crippen LogP contribution in [-0.2, 0) is 36.9 Å². The molecule has 0 heterocycles. The lowest BCUT2D eigenvalue weighted by atomic mass is 9.57. The molecular weight excluding hydrogens is 570 g/mol. The number of carbonyl (C=O) groups is 4. The summed E-state index contributed by atoms with van der Waals surface area (Å²) < 4.78 is 4.92. The zero-order chi connectivity index (χ0) is 32.1. The van der Waals surface area contributed by atoms with Gasteiger partial charge in [0.1, 0.15) is 22.8 Å². The molecule has 2 aromatic carbocycles. The molecule has 1 saturated carbocycles. The number of likely N-dealkylation sites (N-methyl/N-ethyl adjacent to an activating group) is 1. The number of esters is 1. The van der Waals surface area contributed by atoms with E-state index in [4.69, 9.17) is 10.5 Å². The average Bonchev–Trinajstić information content (AvgIpc) is 2.95. The molecule has 0 bridgehead atoms. The third kappa shape index (κ3) is 4.84. The fourth-order valence-electron chi connectivity index (χ4n) is 6.84. The monoisotopic (exact) mass is 605 g/mol. The van der Waals surface area contributed by atoms with Gasteiger partial charge in [0, 0.05) is 18.0 Å². The van der Waals surface area contributed by atoms with Crippen LogP contribution in [-0.4, -0.2) is 87.7 Å². The van der Waals surface area contributed by atoms with Crippen LogP contribution in [0.25, 0.3) is 16.9 Å². The number of phenolic OH excluding ortho intramolecular Hbond substituents is 1. The number of ether oxygens (including phenoxy) is 1. The fraction of sp³-hybridized carbons (Fsp3) is 0.375. The number of aliphatic hydroxyl groups is 3. The van der Waals surface area contributed by atoms with Crippen LogP contribution in [0.15, 0.2) is 53.3 Å². The van der Waals surface area contributed by atoms with Crippen molar-refractivity contribution in [2.75, 3.05) is 27.2 Å². The van der Waals surface area contributed by atoms with Crippen molar-refractivity contribution in [1.29, 1.82) is 0 Å². The second kappa shape index (κ2) is 11.5. The predicted octanol–water partition coefficient (Wildman–Crippen LogP) is 1.28. The molecular formula is C32H35N3O9. The molecule has 3 aliphatic carbocycles. The lowest BCUT2D eigenvalue weighted by Gasteiger charge is -2.50. The zero-order valence-electron chi connectivity index (χ0n) is 24.6. The molecule has 0 aromatic heterocycles. The van der Waals surface area contributed by atoms with Crippen LogP contribution in [0.2, 0.25) is 0 Å². The van der Waals surface area contributed by atoms with E-state index in [0.29, 0.717) is 24.3 Å². The number of primary amides is 1. The number of ketones is 2. The molecule has 0 aliphatic heterocycles. The van der Waals surface area contributed by atoms with E-state index in [1.807, 2.05) is 24.3 Å². The highest BCUT2D eigenvalue weighted by Gasteiger charge is 2.64. The minimum absolute atomic E-state index is 0.00588. The number of aromatic hydroxyl groups is 1. The summed E-state index contributed by atoms with van der Waals surface area (Å²) >= 11 is 0. The van der Waals surface area contributed by atoms with Gasteiger partial charge in [0.15, 0.2) is 11.4 Å². The van der Waals surface area contributed by atoms with Gasteiger partial charge in [0.25, 0.3) is 5.91 Å². The molecule has 3 aliphatic rings. The number of benzene rings is 2. The summed E-state index contributed by atoms with van der Waals surface area (Å²) in [5.74, 6) is -7.25. The molecule has 7 N–H and O–H groups in total. The van der Waals surface area contributed by atoms with Crippen LogP contribution < -0.4 is 11.1 Å². The lowest BCUT2D eigenvalue weighted by Crippen LogP contribution is -2.65. The Bertz CT molecular complexity index is 1630. The van der Waals surface area contributed by atoms with Gasteiger partial charge < -0.3 is 36.2 Å². The highest BCUT2D eigenvalue weighted by molar-refractivity contribution is 6.24. The van der Waals surface area contributed by atoms with Crippen LogP contribution in [0.5, 0.6) is 5.75 Å². The maximum Gasteiger partial charge on any atom is 0.319 e. The van der Waals surface area contributed by atoms with Gasteiger partial charge in [-0.3, -0.25) is 24.1 Å². The van der Waals surface area contributed by atoms with Crippen LogP contribution >= 0.6 is 0 Å². The zero-order valence-corrected chi connectivity index (χ0v) is 24.6. The largest absolute Gasteiger partial charge is 0.508 e. The number of fused-ring (bicyclic) bond motifs is 3. The Labute approximate surface area is 253 Å². The van der Waals surface area contributed by atoms with Crippen LogP contribution in [0.1, 0.15) is 30.0 Å². The van der Waals surface area contributed by atoms with Gasteiger partial charge in [-0.25, -0.2) is 0 Å². The molecule has 232 valence electrons. The molecule has 12 nitrogen and oxygen atoms in total.